The van der Waals surface area contributed by atoms with Gasteiger partial charge in [0, 0.05) is 11.9 Å². The third kappa shape index (κ3) is 3.92. The van der Waals surface area contributed by atoms with Crippen molar-refractivity contribution in [2.24, 2.45) is 0 Å². The first-order chi connectivity index (χ1) is 10.4. The molecular formula is C16H16N4S. The van der Waals surface area contributed by atoms with E-state index >= 15 is 0 Å². The van der Waals surface area contributed by atoms with Crippen molar-refractivity contribution >= 4 is 11.8 Å². The summed E-state index contributed by atoms with van der Waals surface area (Å²) < 4.78 is 0. The monoisotopic (exact) mass is 296 g/mol. The molecule has 0 aliphatic carbocycles. The van der Waals surface area contributed by atoms with Crippen LogP contribution in [0.1, 0.15) is 12.0 Å². The van der Waals surface area contributed by atoms with E-state index in [1.165, 1.54) is 5.56 Å². The van der Waals surface area contributed by atoms with Crippen molar-refractivity contribution in [3.63, 3.8) is 0 Å². The van der Waals surface area contributed by atoms with E-state index in [2.05, 4.69) is 44.4 Å². The van der Waals surface area contributed by atoms with Gasteiger partial charge in [0.15, 0.2) is 5.82 Å². The third-order valence-electron chi connectivity index (χ3n) is 3.06. The van der Waals surface area contributed by atoms with E-state index in [9.17, 15) is 0 Å². The molecule has 0 amide bonds. The van der Waals surface area contributed by atoms with E-state index in [1.54, 1.807) is 18.0 Å². The molecule has 0 bridgehead atoms. The maximum absolute atomic E-state index is 4.46. The van der Waals surface area contributed by atoms with Gasteiger partial charge in [-0.3, -0.25) is 10.1 Å². The Morgan fingerprint density at radius 3 is 2.67 bits per heavy atom. The van der Waals surface area contributed by atoms with Gasteiger partial charge in [0.1, 0.15) is 5.69 Å². The lowest BCUT2D eigenvalue weighted by molar-refractivity contribution is 0.921. The lowest BCUT2D eigenvalue weighted by atomic mass is 10.1. The van der Waals surface area contributed by atoms with Gasteiger partial charge in [-0.2, -0.15) is 4.98 Å². The summed E-state index contributed by atoms with van der Waals surface area (Å²) in [5.41, 5.74) is 2.20. The van der Waals surface area contributed by atoms with Crippen molar-refractivity contribution in [3.8, 4) is 11.5 Å². The first kappa shape index (κ1) is 13.8. The van der Waals surface area contributed by atoms with Crippen LogP contribution in [0.4, 0.5) is 0 Å². The molecule has 0 atom stereocenters. The van der Waals surface area contributed by atoms with Crippen molar-refractivity contribution in [1.29, 1.82) is 0 Å². The summed E-state index contributed by atoms with van der Waals surface area (Å²) in [6.45, 7) is 0. The Bertz CT molecular complexity index is 667. The van der Waals surface area contributed by atoms with Gasteiger partial charge in [-0.25, -0.2) is 0 Å². The molecule has 0 unspecified atom stereocenters. The molecule has 0 fully saturated rings. The molecule has 0 aliphatic rings. The Balaban J connectivity index is 1.49. The van der Waals surface area contributed by atoms with Gasteiger partial charge >= 0.3 is 0 Å². The number of H-pyrrole nitrogens is 1. The summed E-state index contributed by atoms with van der Waals surface area (Å²) in [4.78, 5) is 8.71. The minimum atomic E-state index is 0.723. The Hall–Kier alpha value is -2.14. The summed E-state index contributed by atoms with van der Waals surface area (Å²) in [7, 11) is 0. The highest BCUT2D eigenvalue weighted by molar-refractivity contribution is 7.99. The van der Waals surface area contributed by atoms with E-state index in [4.69, 9.17) is 0 Å². The topological polar surface area (TPSA) is 54.5 Å². The SMILES string of the molecule is c1ccc(CCCSc2n[nH]c(-c3ccccn3)n2)cc1. The average Bonchev–Trinajstić information content (AvgIpc) is 3.02. The van der Waals surface area contributed by atoms with Crippen LogP contribution in [0.2, 0.25) is 0 Å². The Kier molecular flexibility index (Phi) is 4.63. The van der Waals surface area contributed by atoms with E-state index < -0.39 is 0 Å². The number of rotatable bonds is 6. The number of thioether (sulfide) groups is 1. The molecule has 2 aromatic heterocycles. The maximum atomic E-state index is 4.46. The number of nitrogens with zero attached hydrogens (tertiary/aromatic N) is 3. The van der Waals surface area contributed by atoms with Crippen LogP contribution >= 0.6 is 11.8 Å². The van der Waals surface area contributed by atoms with Gasteiger partial charge in [0.25, 0.3) is 0 Å². The number of aryl methyl sites for hydroxylation is 1. The number of pyridine rings is 1. The lowest BCUT2D eigenvalue weighted by Crippen LogP contribution is -1.88. The largest absolute Gasteiger partial charge is 0.257 e. The molecule has 21 heavy (non-hydrogen) atoms. The zero-order chi connectivity index (χ0) is 14.3. The molecular weight excluding hydrogens is 280 g/mol. The molecule has 0 spiro atoms. The highest BCUT2D eigenvalue weighted by atomic mass is 32.2. The third-order valence-corrected chi connectivity index (χ3v) is 3.99. The fourth-order valence-corrected chi connectivity index (χ4v) is 2.75. The van der Waals surface area contributed by atoms with Gasteiger partial charge in [0.2, 0.25) is 5.16 Å². The smallest absolute Gasteiger partial charge is 0.208 e. The predicted molar refractivity (Wildman–Crippen MR) is 85.1 cm³/mol. The molecule has 1 aromatic carbocycles. The van der Waals surface area contributed by atoms with Crippen molar-refractivity contribution < 1.29 is 0 Å². The van der Waals surface area contributed by atoms with Crippen LogP contribution < -0.4 is 0 Å². The molecule has 0 saturated heterocycles. The van der Waals surface area contributed by atoms with Crippen LogP contribution in [0.25, 0.3) is 11.5 Å². The normalized spacial score (nSPS) is 10.7. The Morgan fingerprint density at radius 1 is 1.00 bits per heavy atom. The predicted octanol–water partition coefficient (Wildman–Crippen LogP) is 3.59. The number of nitrogens with one attached hydrogen (secondary N) is 1. The van der Waals surface area contributed by atoms with Gasteiger partial charge < -0.3 is 0 Å². The van der Waals surface area contributed by atoms with Crippen LogP contribution in [0, 0.1) is 0 Å². The average molecular weight is 296 g/mol. The highest BCUT2D eigenvalue weighted by Gasteiger charge is 2.06. The summed E-state index contributed by atoms with van der Waals surface area (Å²) >= 11 is 1.67. The summed E-state index contributed by atoms with van der Waals surface area (Å²) in [5, 5.41) is 7.94. The molecule has 2 heterocycles. The fourth-order valence-electron chi connectivity index (χ4n) is 2.01. The van der Waals surface area contributed by atoms with Gasteiger partial charge in [-0.05, 0) is 30.5 Å². The van der Waals surface area contributed by atoms with E-state index in [1.807, 2.05) is 24.3 Å². The van der Waals surface area contributed by atoms with Gasteiger partial charge in [-0.1, -0.05) is 48.2 Å². The van der Waals surface area contributed by atoms with Crippen molar-refractivity contribution in [2.75, 3.05) is 5.75 Å². The molecule has 0 saturated carbocycles. The van der Waals surface area contributed by atoms with E-state index in [0.29, 0.717) is 0 Å². The molecule has 1 N–H and O–H groups in total. The number of benzene rings is 1. The molecule has 0 radical (unpaired) electrons. The van der Waals surface area contributed by atoms with Crippen molar-refractivity contribution in [1.82, 2.24) is 20.2 Å². The molecule has 106 valence electrons. The zero-order valence-corrected chi connectivity index (χ0v) is 12.4. The van der Waals surface area contributed by atoms with Crippen LogP contribution in [0.5, 0.6) is 0 Å². The van der Waals surface area contributed by atoms with Crippen LogP contribution in [0.3, 0.4) is 0 Å². The number of hydrogen-bond donors (Lipinski definition) is 1. The second-order valence-electron chi connectivity index (χ2n) is 4.62. The Morgan fingerprint density at radius 2 is 1.86 bits per heavy atom. The number of aromatic amines is 1. The first-order valence-corrected chi connectivity index (χ1v) is 7.91. The second kappa shape index (κ2) is 7.04. The summed E-state index contributed by atoms with van der Waals surface area (Å²) in [5.74, 6) is 1.73. The molecule has 3 aromatic rings. The van der Waals surface area contributed by atoms with Gasteiger partial charge in [-0.15, -0.1) is 5.10 Å². The van der Waals surface area contributed by atoms with Crippen molar-refractivity contribution in [3.05, 3.63) is 60.3 Å². The summed E-state index contributed by atoms with van der Waals surface area (Å²) in [6, 6.07) is 16.3. The Labute approximate surface area is 128 Å². The number of aromatic nitrogens is 4. The van der Waals surface area contributed by atoms with Crippen LogP contribution in [-0.4, -0.2) is 25.9 Å². The van der Waals surface area contributed by atoms with E-state index in [-0.39, 0.29) is 0 Å². The quantitative estimate of drug-likeness (QED) is 0.558. The second-order valence-corrected chi connectivity index (χ2v) is 5.68. The highest BCUT2D eigenvalue weighted by Crippen LogP contribution is 2.18. The van der Waals surface area contributed by atoms with Crippen molar-refractivity contribution in [2.45, 2.75) is 18.0 Å². The minimum Gasteiger partial charge on any atom is -0.257 e. The first-order valence-electron chi connectivity index (χ1n) is 6.92. The summed E-state index contributed by atoms with van der Waals surface area (Å²) in [6.07, 6.45) is 3.96. The minimum absolute atomic E-state index is 0.723. The van der Waals surface area contributed by atoms with Gasteiger partial charge in [0.05, 0.1) is 0 Å². The molecule has 4 nitrogen and oxygen atoms in total. The molecule has 0 aliphatic heterocycles. The molecule has 3 rings (SSSR count). The van der Waals surface area contributed by atoms with E-state index in [0.717, 1.165) is 35.3 Å². The fraction of sp³-hybridized carbons (Fsp3) is 0.188. The standard InChI is InChI=1S/C16H16N4S/c1-2-7-13(8-3-1)9-6-12-21-16-18-15(19-20-16)14-10-4-5-11-17-14/h1-5,7-8,10-11H,6,9,12H2,(H,18,19,20). The van der Waals surface area contributed by atoms with Crippen LogP contribution in [-0.2, 0) is 6.42 Å². The zero-order valence-electron chi connectivity index (χ0n) is 11.6. The van der Waals surface area contributed by atoms with Crippen LogP contribution in [0.15, 0.2) is 59.9 Å². The maximum Gasteiger partial charge on any atom is 0.208 e. The number of hydrogen-bond acceptors (Lipinski definition) is 4. The lowest BCUT2D eigenvalue weighted by Gasteiger charge is -1.99. The molecule has 5 heteroatoms.